The predicted molar refractivity (Wildman–Crippen MR) is 49.4 cm³/mol. The number of carbonyl (C=O) groups is 1. The summed E-state index contributed by atoms with van der Waals surface area (Å²) < 4.78 is 4.31. The van der Waals surface area contributed by atoms with Crippen LogP contribution < -0.4 is 0 Å². The standard InChI is InChI=1S/C10H12O4/c1-14-10(13)9(12)8(11)7-5-3-2-4-6-7/h2-6,8-9,11-12H,1H3/t8-,9?/m1/s1. The molecule has 2 N–H and O–H groups in total. The van der Waals surface area contributed by atoms with Gasteiger partial charge in [0.2, 0.25) is 0 Å². The van der Waals surface area contributed by atoms with Gasteiger partial charge in [-0.15, -0.1) is 0 Å². The molecule has 0 heterocycles. The zero-order chi connectivity index (χ0) is 10.6. The van der Waals surface area contributed by atoms with Crippen molar-refractivity contribution in [2.75, 3.05) is 7.11 Å². The van der Waals surface area contributed by atoms with Crippen LogP contribution in [0, 0.1) is 0 Å². The van der Waals surface area contributed by atoms with Crippen molar-refractivity contribution >= 4 is 5.97 Å². The van der Waals surface area contributed by atoms with Gasteiger partial charge in [0.15, 0.2) is 6.10 Å². The van der Waals surface area contributed by atoms with Crippen LogP contribution in [0.2, 0.25) is 0 Å². The zero-order valence-electron chi connectivity index (χ0n) is 7.75. The largest absolute Gasteiger partial charge is 0.467 e. The molecule has 0 fully saturated rings. The van der Waals surface area contributed by atoms with E-state index in [-0.39, 0.29) is 0 Å². The third-order valence-corrected chi connectivity index (χ3v) is 1.88. The van der Waals surface area contributed by atoms with Gasteiger partial charge in [0.25, 0.3) is 0 Å². The second-order valence-corrected chi connectivity index (χ2v) is 2.82. The van der Waals surface area contributed by atoms with Crippen molar-refractivity contribution in [1.29, 1.82) is 0 Å². The Balaban J connectivity index is 2.75. The van der Waals surface area contributed by atoms with Gasteiger partial charge in [-0.25, -0.2) is 4.79 Å². The first-order valence-corrected chi connectivity index (χ1v) is 4.15. The van der Waals surface area contributed by atoms with Crippen LogP contribution in [-0.4, -0.2) is 29.4 Å². The van der Waals surface area contributed by atoms with E-state index in [1.54, 1.807) is 30.3 Å². The van der Waals surface area contributed by atoms with E-state index in [1.807, 2.05) is 0 Å². The predicted octanol–water partition coefficient (Wildman–Crippen LogP) is 0.254. The van der Waals surface area contributed by atoms with Crippen molar-refractivity contribution < 1.29 is 19.7 Å². The summed E-state index contributed by atoms with van der Waals surface area (Å²) in [5, 5.41) is 18.9. The summed E-state index contributed by atoms with van der Waals surface area (Å²) in [6.07, 6.45) is -2.79. The smallest absolute Gasteiger partial charge is 0.337 e. The Morgan fingerprint density at radius 3 is 2.36 bits per heavy atom. The lowest BCUT2D eigenvalue weighted by Gasteiger charge is -2.15. The molecule has 0 aliphatic carbocycles. The number of hydrogen-bond donors (Lipinski definition) is 2. The van der Waals surface area contributed by atoms with Gasteiger partial charge >= 0.3 is 5.97 Å². The summed E-state index contributed by atoms with van der Waals surface area (Å²) in [5.74, 6) is -0.846. The maximum absolute atomic E-state index is 10.9. The summed E-state index contributed by atoms with van der Waals surface area (Å²) in [7, 11) is 1.16. The molecular weight excluding hydrogens is 184 g/mol. The fourth-order valence-corrected chi connectivity index (χ4v) is 1.08. The number of ether oxygens (including phenoxy) is 1. The van der Waals surface area contributed by atoms with E-state index in [0.717, 1.165) is 7.11 Å². The van der Waals surface area contributed by atoms with Crippen LogP contribution in [0.5, 0.6) is 0 Å². The van der Waals surface area contributed by atoms with Gasteiger partial charge in [-0.2, -0.15) is 0 Å². The molecule has 4 nitrogen and oxygen atoms in total. The second kappa shape index (κ2) is 4.74. The molecule has 4 heteroatoms. The van der Waals surface area contributed by atoms with E-state index in [9.17, 15) is 15.0 Å². The van der Waals surface area contributed by atoms with Gasteiger partial charge in [0.05, 0.1) is 7.11 Å². The van der Waals surface area contributed by atoms with Gasteiger partial charge in [-0.3, -0.25) is 0 Å². The van der Waals surface area contributed by atoms with E-state index in [1.165, 1.54) is 0 Å². The minimum absolute atomic E-state index is 0.477. The first kappa shape index (κ1) is 10.7. The maximum atomic E-state index is 10.9. The molecule has 0 amide bonds. The number of aliphatic hydroxyl groups excluding tert-OH is 2. The molecule has 1 rings (SSSR count). The van der Waals surface area contributed by atoms with Crippen LogP contribution in [0.1, 0.15) is 11.7 Å². The highest BCUT2D eigenvalue weighted by Gasteiger charge is 2.25. The maximum Gasteiger partial charge on any atom is 0.337 e. The highest BCUT2D eigenvalue weighted by Crippen LogP contribution is 2.16. The molecule has 1 aromatic rings. The lowest BCUT2D eigenvalue weighted by Crippen LogP contribution is -2.28. The van der Waals surface area contributed by atoms with Crippen LogP contribution in [0.15, 0.2) is 30.3 Å². The van der Waals surface area contributed by atoms with Crippen LogP contribution in [0.3, 0.4) is 0 Å². The molecule has 0 aliphatic heterocycles. The molecule has 0 saturated heterocycles. The van der Waals surface area contributed by atoms with E-state index >= 15 is 0 Å². The van der Waals surface area contributed by atoms with Crippen LogP contribution in [-0.2, 0) is 9.53 Å². The Labute approximate surface area is 81.8 Å². The van der Waals surface area contributed by atoms with Gasteiger partial charge in [-0.05, 0) is 5.56 Å². The van der Waals surface area contributed by atoms with Crippen molar-refractivity contribution in [2.45, 2.75) is 12.2 Å². The van der Waals surface area contributed by atoms with Gasteiger partial charge in [-0.1, -0.05) is 30.3 Å². The average Bonchev–Trinajstić information content (AvgIpc) is 2.27. The first-order valence-electron chi connectivity index (χ1n) is 4.15. The summed E-state index contributed by atoms with van der Waals surface area (Å²) >= 11 is 0. The zero-order valence-corrected chi connectivity index (χ0v) is 7.75. The molecular formula is C10H12O4. The summed E-state index contributed by atoms with van der Waals surface area (Å²) in [6, 6.07) is 8.44. The number of carbonyl (C=O) groups excluding carboxylic acids is 1. The Kier molecular flexibility index (Phi) is 3.62. The van der Waals surface area contributed by atoms with Crippen molar-refractivity contribution in [2.24, 2.45) is 0 Å². The molecule has 76 valence electrons. The molecule has 0 saturated carbocycles. The molecule has 1 aromatic carbocycles. The molecule has 0 bridgehead atoms. The van der Waals surface area contributed by atoms with Crippen molar-refractivity contribution in [1.82, 2.24) is 0 Å². The lowest BCUT2D eigenvalue weighted by molar-refractivity contribution is -0.156. The normalized spacial score (nSPS) is 14.5. The molecule has 0 radical (unpaired) electrons. The van der Waals surface area contributed by atoms with E-state index in [2.05, 4.69) is 4.74 Å². The summed E-state index contributed by atoms with van der Waals surface area (Å²) in [5.41, 5.74) is 0.477. The van der Waals surface area contributed by atoms with E-state index < -0.39 is 18.2 Å². The van der Waals surface area contributed by atoms with Gasteiger partial charge in [0.1, 0.15) is 6.10 Å². The fourth-order valence-electron chi connectivity index (χ4n) is 1.08. The summed E-state index contributed by atoms with van der Waals surface area (Å²) in [4.78, 5) is 10.9. The molecule has 14 heavy (non-hydrogen) atoms. The Morgan fingerprint density at radius 2 is 1.86 bits per heavy atom. The number of methoxy groups -OCH3 is 1. The minimum atomic E-state index is -1.54. The topological polar surface area (TPSA) is 66.8 Å². The number of benzene rings is 1. The minimum Gasteiger partial charge on any atom is -0.467 e. The Morgan fingerprint density at radius 1 is 1.29 bits per heavy atom. The third-order valence-electron chi connectivity index (χ3n) is 1.88. The Bertz CT molecular complexity index is 296. The highest BCUT2D eigenvalue weighted by molar-refractivity contribution is 5.75. The van der Waals surface area contributed by atoms with E-state index in [4.69, 9.17) is 0 Å². The quantitative estimate of drug-likeness (QED) is 0.680. The second-order valence-electron chi connectivity index (χ2n) is 2.82. The molecule has 1 unspecified atom stereocenters. The summed E-state index contributed by atoms with van der Waals surface area (Å²) in [6.45, 7) is 0. The van der Waals surface area contributed by atoms with Gasteiger partial charge < -0.3 is 14.9 Å². The van der Waals surface area contributed by atoms with Crippen molar-refractivity contribution in [3.63, 3.8) is 0 Å². The van der Waals surface area contributed by atoms with Crippen molar-refractivity contribution in [3.05, 3.63) is 35.9 Å². The van der Waals surface area contributed by atoms with Crippen LogP contribution >= 0.6 is 0 Å². The number of hydrogen-bond acceptors (Lipinski definition) is 4. The number of rotatable bonds is 3. The Hall–Kier alpha value is -1.39. The SMILES string of the molecule is COC(=O)C(O)[C@H](O)c1ccccc1. The first-order chi connectivity index (χ1) is 6.66. The van der Waals surface area contributed by atoms with E-state index in [0.29, 0.717) is 5.56 Å². The molecule has 0 aliphatic rings. The van der Waals surface area contributed by atoms with Crippen LogP contribution in [0.4, 0.5) is 0 Å². The fraction of sp³-hybridized carbons (Fsp3) is 0.300. The number of aliphatic hydroxyl groups is 2. The average molecular weight is 196 g/mol. The molecule has 0 aromatic heterocycles. The molecule has 0 spiro atoms. The number of esters is 1. The highest BCUT2D eigenvalue weighted by atomic mass is 16.5. The third kappa shape index (κ3) is 2.31. The lowest BCUT2D eigenvalue weighted by atomic mass is 10.1. The monoisotopic (exact) mass is 196 g/mol. The van der Waals surface area contributed by atoms with Crippen molar-refractivity contribution in [3.8, 4) is 0 Å². The van der Waals surface area contributed by atoms with Gasteiger partial charge in [0, 0.05) is 0 Å². The molecule has 2 atom stereocenters. The van der Waals surface area contributed by atoms with Crippen LogP contribution in [0.25, 0.3) is 0 Å².